The number of aromatic nitrogens is 1. The molecule has 2 aromatic rings. The van der Waals surface area contributed by atoms with Gasteiger partial charge in [-0.3, -0.25) is 5.41 Å². The molecule has 0 saturated carbocycles. The summed E-state index contributed by atoms with van der Waals surface area (Å²) >= 11 is 0. The fourth-order valence-electron chi connectivity index (χ4n) is 2.04. The molecule has 0 aliphatic rings. The fourth-order valence-corrected chi connectivity index (χ4v) is 2.04. The maximum atomic E-state index is 7.46. The minimum absolute atomic E-state index is 0.0912. The summed E-state index contributed by atoms with van der Waals surface area (Å²) in [5.41, 5.74) is 9.39. The SMILES string of the molecule is C#C.C=C(C)/C=C\C(=C)Cn1ccc2cc(C(=N)N)ccc21. The largest absolute Gasteiger partial charge is 0.384 e. The van der Waals surface area contributed by atoms with Gasteiger partial charge in [-0.25, -0.2) is 0 Å². The minimum Gasteiger partial charge on any atom is -0.384 e. The van der Waals surface area contributed by atoms with E-state index in [1.165, 1.54) is 0 Å². The zero-order valence-electron chi connectivity index (χ0n) is 12.8. The molecule has 22 heavy (non-hydrogen) atoms. The molecule has 0 spiro atoms. The summed E-state index contributed by atoms with van der Waals surface area (Å²) < 4.78 is 2.13. The van der Waals surface area contributed by atoms with Gasteiger partial charge < -0.3 is 10.3 Å². The second kappa shape index (κ2) is 7.70. The first-order chi connectivity index (χ1) is 10.5. The van der Waals surface area contributed by atoms with E-state index in [1.54, 1.807) is 0 Å². The zero-order chi connectivity index (χ0) is 16.7. The topological polar surface area (TPSA) is 54.8 Å². The van der Waals surface area contributed by atoms with E-state index in [9.17, 15) is 0 Å². The molecule has 3 heteroatoms. The van der Waals surface area contributed by atoms with Crippen LogP contribution in [0.15, 0.2) is 66.9 Å². The number of terminal acetylenes is 1. The van der Waals surface area contributed by atoms with Crippen molar-refractivity contribution in [2.75, 3.05) is 0 Å². The number of nitrogen functional groups attached to an aromatic ring is 1. The van der Waals surface area contributed by atoms with Gasteiger partial charge in [-0.1, -0.05) is 30.9 Å². The predicted molar refractivity (Wildman–Crippen MR) is 95.9 cm³/mol. The van der Waals surface area contributed by atoms with Gasteiger partial charge in [0.15, 0.2) is 0 Å². The van der Waals surface area contributed by atoms with Crippen LogP contribution in [0.4, 0.5) is 0 Å². The number of rotatable bonds is 5. The quantitative estimate of drug-likeness (QED) is 0.374. The molecule has 112 valence electrons. The smallest absolute Gasteiger partial charge is 0.122 e. The van der Waals surface area contributed by atoms with E-state index in [2.05, 4.69) is 30.6 Å². The van der Waals surface area contributed by atoms with Crippen LogP contribution in [-0.2, 0) is 6.54 Å². The Labute approximate surface area is 132 Å². The van der Waals surface area contributed by atoms with Crippen LogP contribution in [-0.4, -0.2) is 10.4 Å². The summed E-state index contributed by atoms with van der Waals surface area (Å²) in [6.07, 6.45) is 14.0. The Bertz CT molecular complexity index is 757. The van der Waals surface area contributed by atoms with Crippen LogP contribution in [0.25, 0.3) is 10.9 Å². The molecular weight excluding hydrogens is 270 g/mol. The Balaban J connectivity index is 0.00000116. The van der Waals surface area contributed by atoms with Crippen molar-refractivity contribution >= 4 is 16.7 Å². The molecule has 0 aliphatic heterocycles. The van der Waals surface area contributed by atoms with Crippen LogP contribution >= 0.6 is 0 Å². The number of amidine groups is 1. The fraction of sp³-hybridized carbons (Fsp3) is 0.105. The van der Waals surface area contributed by atoms with E-state index < -0.39 is 0 Å². The summed E-state index contributed by atoms with van der Waals surface area (Å²) in [6, 6.07) is 7.81. The van der Waals surface area contributed by atoms with Crippen molar-refractivity contribution in [3.63, 3.8) is 0 Å². The van der Waals surface area contributed by atoms with Crippen molar-refractivity contribution < 1.29 is 0 Å². The molecule has 0 atom stereocenters. The van der Waals surface area contributed by atoms with Gasteiger partial charge in [0.2, 0.25) is 0 Å². The van der Waals surface area contributed by atoms with Gasteiger partial charge >= 0.3 is 0 Å². The standard InChI is InChI=1S/C17H19N3.C2H2/c1-12(2)4-5-13(3)11-20-9-8-14-10-15(17(18)19)6-7-16(14)20;1-2/h4-10H,1,3,11H2,2H3,(H3,18,19);1-2H/b5-4-;. The molecule has 3 N–H and O–H groups in total. The summed E-state index contributed by atoms with van der Waals surface area (Å²) in [6.45, 7) is 10.6. The summed E-state index contributed by atoms with van der Waals surface area (Å²) in [5, 5.41) is 8.54. The van der Waals surface area contributed by atoms with Gasteiger partial charge in [0.25, 0.3) is 0 Å². The predicted octanol–water partition coefficient (Wildman–Crippen LogP) is 3.86. The van der Waals surface area contributed by atoms with Crippen molar-refractivity contribution in [3.05, 3.63) is 72.5 Å². The third-order valence-electron chi connectivity index (χ3n) is 3.06. The van der Waals surface area contributed by atoms with Crippen LogP contribution in [0, 0.1) is 18.3 Å². The number of nitrogens with two attached hydrogens (primary N) is 1. The van der Waals surface area contributed by atoms with Crippen LogP contribution < -0.4 is 5.73 Å². The maximum absolute atomic E-state index is 7.46. The molecule has 0 saturated heterocycles. The summed E-state index contributed by atoms with van der Waals surface area (Å²) in [5.74, 6) is 0.0912. The maximum Gasteiger partial charge on any atom is 0.122 e. The first-order valence-corrected chi connectivity index (χ1v) is 6.75. The lowest BCUT2D eigenvalue weighted by Gasteiger charge is -2.06. The second-order valence-corrected chi connectivity index (χ2v) is 4.97. The van der Waals surface area contributed by atoms with Gasteiger partial charge in [0.1, 0.15) is 5.84 Å². The summed E-state index contributed by atoms with van der Waals surface area (Å²) in [4.78, 5) is 0. The van der Waals surface area contributed by atoms with Crippen molar-refractivity contribution in [3.8, 4) is 12.8 Å². The van der Waals surface area contributed by atoms with E-state index in [-0.39, 0.29) is 5.84 Å². The average Bonchev–Trinajstić information content (AvgIpc) is 2.89. The molecule has 0 unspecified atom stereocenters. The van der Waals surface area contributed by atoms with Gasteiger partial charge in [-0.2, -0.15) is 0 Å². The van der Waals surface area contributed by atoms with Crippen LogP contribution in [0.1, 0.15) is 12.5 Å². The highest BCUT2D eigenvalue weighted by molar-refractivity contribution is 5.98. The third-order valence-corrected chi connectivity index (χ3v) is 3.06. The number of allylic oxidation sites excluding steroid dienone is 4. The molecule has 1 aromatic heterocycles. The molecule has 3 nitrogen and oxygen atoms in total. The number of nitrogens with zero attached hydrogens (tertiary/aromatic N) is 1. The molecule has 0 amide bonds. The Kier molecular flexibility index (Phi) is 5.97. The zero-order valence-corrected chi connectivity index (χ0v) is 12.8. The molecule has 1 heterocycles. The van der Waals surface area contributed by atoms with E-state index in [1.807, 2.05) is 49.5 Å². The number of hydrogen-bond acceptors (Lipinski definition) is 1. The average molecular weight is 291 g/mol. The van der Waals surface area contributed by atoms with Crippen molar-refractivity contribution in [2.45, 2.75) is 13.5 Å². The number of hydrogen-bond donors (Lipinski definition) is 2. The highest BCUT2D eigenvalue weighted by Crippen LogP contribution is 2.19. The second-order valence-electron chi connectivity index (χ2n) is 4.97. The Hall–Kier alpha value is -2.99. The van der Waals surface area contributed by atoms with E-state index in [0.717, 1.165) is 34.2 Å². The normalized spacial score (nSPS) is 10.1. The number of benzene rings is 1. The van der Waals surface area contributed by atoms with Crippen LogP contribution in [0.5, 0.6) is 0 Å². The first-order valence-electron chi connectivity index (χ1n) is 6.75. The number of fused-ring (bicyclic) bond motifs is 1. The highest BCUT2D eigenvalue weighted by atomic mass is 14.9. The summed E-state index contributed by atoms with van der Waals surface area (Å²) in [7, 11) is 0. The molecule has 1 aromatic carbocycles. The third kappa shape index (κ3) is 4.26. The molecular formula is C19H21N3. The monoisotopic (exact) mass is 291 g/mol. The molecule has 0 radical (unpaired) electrons. The van der Waals surface area contributed by atoms with Crippen LogP contribution in [0.3, 0.4) is 0 Å². The van der Waals surface area contributed by atoms with Crippen LogP contribution in [0.2, 0.25) is 0 Å². The van der Waals surface area contributed by atoms with E-state index in [4.69, 9.17) is 11.1 Å². The molecule has 2 rings (SSSR count). The molecule has 0 aliphatic carbocycles. The highest BCUT2D eigenvalue weighted by Gasteiger charge is 2.04. The Morgan fingerprint density at radius 2 is 1.95 bits per heavy atom. The Morgan fingerprint density at radius 1 is 1.27 bits per heavy atom. The van der Waals surface area contributed by atoms with Crippen molar-refractivity contribution in [1.29, 1.82) is 5.41 Å². The first kappa shape index (κ1) is 17.1. The van der Waals surface area contributed by atoms with Gasteiger partial charge in [0.05, 0.1) is 0 Å². The van der Waals surface area contributed by atoms with Gasteiger partial charge in [0, 0.05) is 29.2 Å². The van der Waals surface area contributed by atoms with Crippen molar-refractivity contribution in [2.24, 2.45) is 5.73 Å². The van der Waals surface area contributed by atoms with Gasteiger partial charge in [-0.05, 0) is 36.8 Å². The van der Waals surface area contributed by atoms with E-state index >= 15 is 0 Å². The minimum atomic E-state index is 0.0912. The lowest BCUT2D eigenvalue weighted by atomic mass is 10.1. The lowest BCUT2D eigenvalue weighted by molar-refractivity contribution is 0.838. The lowest BCUT2D eigenvalue weighted by Crippen LogP contribution is -2.10. The Morgan fingerprint density at radius 3 is 2.55 bits per heavy atom. The number of nitrogens with one attached hydrogen (secondary N) is 1. The van der Waals surface area contributed by atoms with E-state index in [0.29, 0.717) is 0 Å². The molecule has 0 bridgehead atoms. The van der Waals surface area contributed by atoms with Gasteiger partial charge in [-0.15, -0.1) is 12.8 Å². The van der Waals surface area contributed by atoms with Crippen molar-refractivity contribution in [1.82, 2.24) is 4.57 Å². The molecule has 0 fully saturated rings.